The van der Waals surface area contributed by atoms with Crippen molar-refractivity contribution in [2.24, 2.45) is 11.7 Å². The molecule has 1 aromatic carbocycles. The van der Waals surface area contributed by atoms with Crippen molar-refractivity contribution in [1.82, 2.24) is 4.90 Å². The van der Waals surface area contributed by atoms with Crippen LogP contribution >= 0.6 is 0 Å². The predicted octanol–water partition coefficient (Wildman–Crippen LogP) is 1.31. The van der Waals surface area contributed by atoms with E-state index in [4.69, 9.17) is 5.73 Å². The average Bonchev–Trinajstić information content (AvgIpc) is 2.82. The summed E-state index contributed by atoms with van der Waals surface area (Å²) in [6.07, 6.45) is 0.637. The highest BCUT2D eigenvalue weighted by molar-refractivity contribution is 5.79. The summed E-state index contributed by atoms with van der Waals surface area (Å²) in [4.78, 5) is 13.6. The number of carbonyl (C=O) groups is 1. The van der Waals surface area contributed by atoms with Crippen LogP contribution in [0.5, 0.6) is 0 Å². The fraction of sp³-hybridized carbons (Fsp3) is 0.462. The maximum atomic E-state index is 13.4. The molecule has 1 unspecified atom stereocenters. The molecule has 1 aliphatic heterocycles. The fourth-order valence-electron chi connectivity index (χ4n) is 2.22. The molecule has 0 aliphatic carbocycles. The number of carbonyl (C=O) groups excluding carboxylic acids is 1. The van der Waals surface area contributed by atoms with E-state index in [1.165, 1.54) is 18.2 Å². The van der Waals surface area contributed by atoms with E-state index < -0.39 is 11.6 Å². The molecule has 1 aromatic rings. The van der Waals surface area contributed by atoms with Crippen molar-refractivity contribution in [3.05, 3.63) is 35.4 Å². The first kappa shape index (κ1) is 13.0. The van der Waals surface area contributed by atoms with Crippen molar-refractivity contribution in [3.63, 3.8) is 0 Å². The zero-order valence-electron chi connectivity index (χ0n) is 10.0. The standard InChI is InChI=1S/C13H16F2N2O/c14-11-2-1-3-12(15)10(11)6-13(18)17-5-4-9(7-16)8-17/h1-3,9H,4-8,16H2. The fourth-order valence-corrected chi connectivity index (χ4v) is 2.22. The van der Waals surface area contributed by atoms with Gasteiger partial charge in [0.1, 0.15) is 11.6 Å². The van der Waals surface area contributed by atoms with Crippen LogP contribution in [0.3, 0.4) is 0 Å². The Balaban J connectivity index is 2.04. The molecule has 2 rings (SSSR count). The summed E-state index contributed by atoms with van der Waals surface area (Å²) in [5.74, 6) is -1.27. The molecule has 1 heterocycles. The Hall–Kier alpha value is -1.49. The van der Waals surface area contributed by atoms with Gasteiger partial charge in [-0.3, -0.25) is 4.79 Å². The normalized spacial score (nSPS) is 19.3. The third-order valence-electron chi connectivity index (χ3n) is 3.36. The monoisotopic (exact) mass is 254 g/mol. The number of benzene rings is 1. The highest BCUT2D eigenvalue weighted by Gasteiger charge is 2.26. The lowest BCUT2D eigenvalue weighted by molar-refractivity contribution is -0.129. The van der Waals surface area contributed by atoms with Gasteiger partial charge in [0.15, 0.2) is 0 Å². The smallest absolute Gasteiger partial charge is 0.227 e. The summed E-state index contributed by atoms with van der Waals surface area (Å²) < 4.78 is 26.8. The zero-order valence-corrected chi connectivity index (χ0v) is 10.0. The quantitative estimate of drug-likeness (QED) is 0.884. The van der Waals surface area contributed by atoms with Crippen LogP contribution in [0.1, 0.15) is 12.0 Å². The van der Waals surface area contributed by atoms with Crippen LogP contribution in [0, 0.1) is 17.6 Å². The van der Waals surface area contributed by atoms with Gasteiger partial charge in [-0.1, -0.05) is 6.07 Å². The summed E-state index contributed by atoms with van der Waals surface area (Å²) in [7, 11) is 0. The Morgan fingerprint density at radius 2 is 2.06 bits per heavy atom. The first-order valence-electron chi connectivity index (χ1n) is 6.02. The number of hydrogen-bond acceptors (Lipinski definition) is 2. The molecule has 1 amide bonds. The summed E-state index contributed by atoms with van der Waals surface area (Å²) >= 11 is 0. The zero-order chi connectivity index (χ0) is 13.1. The first-order valence-corrected chi connectivity index (χ1v) is 6.02. The van der Waals surface area contributed by atoms with Crippen molar-refractivity contribution in [2.45, 2.75) is 12.8 Å². The number of nitrogens with two attached hydrogens (primary N) is 1. The Morgan fingerprint density at radius 1 is 1.39 bits per heavy atom. The summed E-state index contributed by atoms with van der Waals surface area (Å²) in [5.41, 5.74) is 5.39. The molecule has 1 saturated heterocycles. The largest absolute Gasteiger partial charge is 0.342 e. The Kier molecular flexibility index (Phi) is 3.91. The van der Waals surface area contributed by atoms with Crippen molar-refractivity contribution < 1.29 is 13.6 Å². The Labute approximate surface area is 105 Å². The molecule has 1 aliphatic rings. The van der Waals surface area contributed by atoms with Gasteiger partial charge < -0.3 is 10.6 Å². The van der Waals surface area contributed by atoms with Crippen molar-refractivity contribution in [1.29, 1.82) is 0 Å². The highest BCUT2D eigenvalue weighted by atomic mass is 19.1. The molecule has 1 atom stereocenters. The molecule has 5 heteroatoms. The van der Waals surface area contributed by atoms with E-state index in [1.807, 2.05) is 0 Å². The minimum atomic E-state index is -0.669. The van der Waals surface area contributed by atoms with Crippen LogP contribution in [0.4, 0.5) is 8.78 Å². The second-order valence-electron chi connectivity index (χ2n) is 4.61. The van der Waals surface area contributed by atoms with Gasteiger partial charge in [-0.25, -0.2) is 8.78 Å². The van der Waals surface area contributed by atoms with Crippen molar-refractivity contribution in [3.8, 4) is 0 Å². The minimum absolute atomic E-state index is 0.154. The van der Waals surface area contributed by atoms with Gasteiger partial charge in [-0.05, 0) is 31.0 Å². The van der Waals surface area contributed by atoms with E-state index in [0.29, 0.717) is 25.6 Å². The number of halogens is 2. The maximum absolute atomic E-state index is 13.4. The first-order chi connectivity index (χ1) is 8.61. The second kappa shape index (κ2) is 5.44. The topological polar surface area (TPSA) is 46.3 Å². The van der Waals surface area contributed by atoms with Crippen molar-refractivity contribution >= 4 is 5.91 Å². The molecule has 0 spiro atoms. The van der Waals surface area contributed by atoms with Crippen molar-refractivity contribution in [2.75, 3.05) is 19.6 Å². The maximum Gasteiger partial charge on any atom is 0.227 e. The lowest BCUT2D eigenvalue weighted by Gasteiger charge is -2.16. The minimum Gasteiger partial charge on any atom is -0.342 e. The van der Waals surface area contributed by atoms with Crippen LogP contribution in [0.25, 0.3) is 0 Å². The molecule has 0 aromatic heterocycles. The average molecular weight is 254 g/mol. The molecule has 1 fully saturated rings. The van der Waals surface area contributed by atoms with Crippen LogP contribution in [-0.4, -0.2) is 30.4 Å². The van der Waals surface area contributed by atoms with E-state index in [0.717, 1.165) is 6.42 Å². The molecule has 2 N–H and O–H groups in total. The van der Waals surface area contributed by atoms with Gasteiger partial charge >= 0.3 is 0 Å². The van der Waals surface area contributed by atoms with Gasteiger partial charge in [0.2, 0.25) is 5.91 Å². The highest BCUT2D eigenvalue weighted by Crippen LogP contribution is 2.18. The summed E-state index contributed by atoms with van der Waals surface area (Å²) in [5, 5.41) is 0. The third kappa shape index (κ3) is 2.67. The van der Waals surface area contributed by atoms with Crippen LogP contribution < -0.4 is 5.73 Å². The molecule has 0 bridgehead atoms. The summed E-state index contributed by atoms with van der Waals surface area (Å²) in [6, 6.07) is 3.62. The molecule has 0 radical (unpaired) electrons. The molecular weight excluding hydrogens is 238 g/mol. The molecule has 0 saturated carbocycles. The number of rotatable bonds is 3. The number of likely N-dealkylation sites (tertiary alicyclic amines) is 1. The summed E-state index contributed by atoms with van der Waals surface area (Å²) in [6.45, 7) is 1.75. The van der Waals surface area contributed by atoms with Crippen LogP contribution in [-0.2, 0) is 11.2 Å². The van der Waals surface area contributed by atoms with Gasteiger partial charge in [-0.15, -0.1) is 0 Å². The molecule has 98 valence electrons. The Morgan fingerprint density at radius 3 is 2.61 bits per heavy atom. The number of amides is 1. The van der Waals surface area contributed by atoms with E-state index in [2.05, 4.69) is 0 Å². The van der Waals surface area contributed by atoms with Gasteiger partial charge in [-0.2, -0.15) is 0 Å². The third-order valence-corrected chi connectivity index (χ3v) is 3.36. The SMILES string of the molecule is NCC1CCN(C(=O)Cc2c(F)cccc2F)C1. The molecule has 3 nitrogen and oxygen atoms in total. The van der Waals surface area contributed by atoms with Crippen LogP contribution in [0.15, 0.2) is 18.2 Å². The van der Waals surface area contributed by atoms with E-state index in [1.54, 1.807) is 4.90 Å². The van der Waals surface area contributed by atoms with E-state index >= 15 is 0 Å². The van der Waals surface area contributed by atoms with Gasteiger partial charge in [0, 0.05) is 18.7 Å². The van der Waals surface area contributed by atoms with Gasteiger partial charge in [0.05, 0.1) is 6.42 Å². The predicted molar refractivity (Wildman–Crippen MR) is 63.8 cm³/mol. The number of hydrogen-bond donors (Lipinski definition) is 1. The molecular formula is C13H16F2N2O. The second-order valence-corrected chi connectivity index (χ2v) is 4.61. The molecule has 18 heavy (non-hydrogen) atoms. The Bertz CT molecular complexity index is 430. The number of nitrogens with zero attached hydrogens (tertiary/aromatic N) is 1. The van der Waals surface area contributed by atoms with Gasteiger partial charge in [0.25, 0.3) is 0 Å². The lowest BCUT2D eigenvalue weighted by Crippen LogP contribution is -2.31. The lowest BCUT2D eigenvalue weighted by atomic mass is 10.1. The van der Waals surface area contributed by atoms with E-state index in [9.17, 15) is 13.6 Å². The van der Waals surface area contributed by atoms with Crippen LogP contribution in [0.2, 0.25) is 0 Å². The van der Waals surface area contributed by atoms with E-state index in [-0.39, 0.29) is 17.9 Å².